The third-order valence-electron chi connectivity index (χ3n) is 3.69. The molecule has 0 fully saturated rings. The molecular formula is C17H20N4O2. The monoisotopic (exact) mass is 312 g/mol. The molecule has 1 aliphatic heterocycles. The lowest BCUT2D eigenvalue weighted by Gasteiger charge is -2.32. The van der Waals surface area contributed by atoms with Crippen molar-refractivity contribution in [3.05, 3.63) is 48.8 Å². The predicted octanol–water partition coefficient (Wildman–Crippen LogP) is 1.51. The number of benzene rings is 1. The topological polar surface area (TPSA) is 66.5 Å². The number of fused-ring (bicyclic) bond motifs is 1. The Morgan fingerprint density at radius 1 is 1.30 bits per heavy atom. The van der Waals surface area contributed by atoms with Gasteiger partial charge in [0.2, 0.25) is 0 Å². The van der Waals surface area contributed by atoms with E-state index in [4.69, 9.17) is 4.74 Å². The molecule has 1 aliphatic rings. The van der Waals surface area contributed by atoms with E-state index >= 15 is 0 Å². The minimum Gasteiger partial charge on any atom is -0.477 e. The summed E-state index contributed by atoms with van der Waals surface area (Å²) in [6.07, 6.45) is 2.98. The van der Waals surface area contributed by atoms with E-state index in [1.807, 2.05) is 48.3 Å². The van der Waals surface area contributed by atoms with Crippen LogP contribution in [0.2, 0.25) is 0 Å². The standard InChI is InChI=1S/C17H20N4O2/c1-21-12-16(23-15-7-3-2-6-14(15)21)17(22)20-10-9-19-13-5-4-8-18-11-13/h2-8,11,16,19H,9-10,12H2,1H3,(H,20,22)/t16-/m0/s1. The average molecular weight is 312 g/mol. The van der Waals surface area contributed by atoms with Gasteiger partial charge in [-0.2, -0.15) is 0 Å². The first-order valence-electron chi connectivity index (χ1n) is 7.62. The number of aromatic nitrogens is 1. The number of nitrogens with zero attached hydrogens (tertiary/aromatic N) is 2. The van der Waals surface area contributed by atoms with Crippen molar-refractivity contribution in [3.8, 4) is 5.75 Å². The van der Waals surface area contributed by atoms with Gasteiger partial charge in [-0.25, -0.2) is 0 Å². The van der Waals surface area contributed by atoms with Gasteiger partial charge in [-0.1, -0.05) is 12.1 Å². The van der Waals surface area contributed by atoms with Gasteiger partial charge in [-0.3, -0.25) is 9.78 Å². The number of rotatable bonds is 5. The number of likely N-dealkylation sites (N-methyl/N-ethyl adjacent to an activating group) is 1. The minimum atomic E-state index is -0.492. The van der Waals surface area contributed by atoms with Gasteiger partial charge >= 0.3 is 0 Å². The van der Waals surface area contributed by atoms with Gasteiger partial charge in [0.1, 0.15) is 5.75 Å². The fourth-order valence-corrected chi connectivity index (χ4v) is 2.52. The zero-order chi connectivity index (χ0) is 16.1. The normalized spacial score (nSPS) is 16.2. The Bertz CT molecular complexity index is 663. The van der Waals surface area contributed by atoms with Crippen LogP contribution in [0.25, 0.3) is 0 Å². The number of hydrogen-bond donors (Lipinski definition) is 2. The Labute approximate surface area is 135 Å². The molecule has 0 saturated carbocycles. The van der Waals surface area contributed by atoms with E-state index in [9.17, 15) is 4.79 Å². The van der Waals surface area contributed by atoms with Crippen molar-refractivity contribution >= 4 is 17.3 Å². The van der Waals surface area contributed by atoms with Crippen molar-refractivity contribution < 1.29 is 9.53 Å². The van der Waals surface area contributed by atoms with Crippen molar-refractivity contribution in [1.29, 1.82) is 0 Å². The van der Waals surface area contributed by atoms with E-state index in [0.29, 0.717) is 19.6 Å². The van der Waals surface area contributed by atoms with Crippen LogP contribution in [0, 0.1) is 0 Å². The molecule has 6 nitrogen and oxygen atoms in total. The second-order valence-corrected chi connectivity index (χ2v) is 5.41. The summed E-state index contributed by atoms with van der Waals surface area (Å²) in [6, 6.07) is 11.5. The molecule has 0 radical (unpaired) electrons. The summed E-state index contributed by atoms with van der Waals surface area (Å²) in [4.78, 5) is 18.3. The third-order valence-corrected chi connectivity index (χ3v) is 3.69. The highest BCUT2D eigenvalue weighted by molar-refractivity contribution is 5.83. The lowest BCUT2D eigenvalue weighted by Crippen LogP contribution is -2.48. The quantitative estimate of drug-likeness (QED) is 0.819. The number of hydrogen-bond acceptors (Lipinski definition) is 5. The van der Waals surface area contributed by atoms with Crippen molar-refractivity contribution in [1.82, 2.24) is 10.3 Å². The second kappa shape index (κ2) is 7.00. The van der Waals surface area contributed by atoms with Crippen LogP contribution in [0.3, 0.4) is 0 Å². The van der Waals surface area contributed by atoms with E-state index in [-0.39, 0.29) is 5.91 Å². The highest BCUT2D eigenvalue weighted by Gasteiger charge is 2.28. The van der Waals surface area contributed by atoms with Gasteiger partial charge in [0.05, 0.1) is 17.9 Å². The summed E-state index contributed by atoms with van der Waals surface area (Å²) in [5.41, 5.74) is 1.94. The molecule has 120 valence electrons. The van der Waals surface area contributed by atoms with Crippen molar-refractivity contribution in [2.45, 2.75) is 6.10 Å². The van der Waals surface area contributed by atoms with Gasteiger partial charge in [0.25, 0.3) is 5.91 Å². The molecule has 2 heterocycles. The van der Waals surface area contributed by atoms with Crippen LogP contribution < -0.4 is 20.3 Å². The van der Waals surface area contributed by atoms with E-state index in [2.05, 4.69) is 15.6 Å². The first kappa shape index (κ1) is 15.1. The van der Waals surface area contributed by atoms with Gasteiger partial charge < -0.3 is 20.3 Å². The van der Waals surface area contributed by atoms with Crippen molar-refractivity contribution in [2.75, 3.05) is 36.9 Å². The summed E-state index contributed by atoms with van der Waals surface area (Å²) in [6.45, 7) is 1.70. The van der Waals surface area contributed by atoms with Crippen LogP contribution >= 0.6 is 0 Å². The van der Waals surface area contributed by atoms with E-state index in [0.717, 1.165) is 17.1 Å². The van der Waals surface area contributed by atoms with Gasteiger partial charge in [0.15, 0.2) is 6.10 Å². The predicted molar refractivity (Wildman–Crippen MR) is 89.9 cm³/mol. The molecule has 1 amide bonds. The summed E-state index contributed by atoms with van der Waals surface area (Å²) < 4.78 is 5.80. The highest BCUT2D eigenvalue weighted by Crippen LogP contribution is 2.31. The van der Waals surface area contributed by atoms with Gasteiger partial charge in [0, 0.05) is 32.5 Å². The largest absolute Gasteiger partial charge is 0.477 e. The number of anilines is 2. The third kappa shape index (κ3) is 3.71. The smallest absolute Gasteiger partial charge is 0.263 e. The Balaban J connectivity index is 1.48. The van der Waals surface area contributed by atoms with Gasteiger partial charge in [-0.15, -0.1) is 0 Å². The SMILES string of the molecule is CN1C[C@@H](C(=O)NCCNc2cccnc2)Oc2ccccc21. The number of pyridine rings is 1. The maximum Gasteiger partial charge on any atom is 0.263 e. The molecule has 23 heavy (non-hydrogen) atoms. The van der Waals surface area contributed by atoms with Crippen LogP contribution in [0.15, 0.2) is 48.8 Å². The number of carbonyl (C=O) groups is 1. The molecule has 0 bridgehead atoms. The summed E-state index contributed by atoms with van der Waals surface area (Å²) in [7, 11) is 1.96. The molecule has 2 N–H and O–H groups in total. The maximum absolute atomic E-state index is 12.3. The molecule has 1 atom stereocenters. The van der Waals surface area contributed by atoms with Crippen LogP contribution in [0.5, 0.6) is 5.75 Å². The molecule has 0 aliphatic carbocycles. The molecule has 3 rings (SSSR count). The second-order valence-electron chi connectivity index (χ2n) is 5.41. The van der Waals surface area contributed by atoms with Crippen LogP contribution in [0.1, 0.15) is 0 Å². The fraction of sp³-hybridized carbons (Fsp3) is 0.294. The van der Waals surface area contributed by atoms with E-state index in [1.165, 1.54) is 0 Å². The highest BCUT2D eigenvalue weighted by atomic mass is 16.5. The Morgan fingerprint density at radius 2 is 2.17 bits per heavy atom. The summed E-state index contributed by atoms with van der Waals surface area (Å²) in [5.74, 6) is 0.647. The lowest BCUT2D eigenvalue weighted by atomic mass is 10.2. The minimum absolute atomic E-state index is 0.0978. The summed E-state index contributed by atoms with van der Waals surface area (Å²) in [5, 5.41) is 6.10. The zero-order valence-electron chi connectivity index (χ0n) is 13.0. The Kier molecular flexibility index (Phi) is 4.61. The number of carbonyl (C=O) groups excluding carboxylic acids is 1. The average Bonchev–Trinajstić information content (AvgIpc) is 2.59. The molecule has 1 aromatic carbocycles. The molecular weight excluding hydrogens is 292 g/mol. The van der Waals surface area contributed by atoms with Gasteiger partial charge in [-0.05, 0) is 24.3 Å². The lowest BCUT2D eigenvalue weighted by molar-refractivity contribution is -0.127. The molecule has 0 spiro atoms. The molecule has 2 aromatic rings. The Morgan fingerprint density at radius 3 is 3.00 bits per heavy atom. The fourth-order valence-electron chi connectivity index (χ4n) is 2.52. The molecule has 6 heteroatoms. The van der Waals surface area contributed by atoms with Crippen LogP contribution in [-0.2, 0) is 4.79 Å². The van der Waals surface area contributed by atoms with Crippen molar-refractivity contribution in [3.63, 3.8) is 0 Å². The van der Waals surface area contributed by atoms with Crippen LogP contribution in [0.4, 0.5) is 11.4 Å². The molecule has 1 aromatic heterocycles. The maximum atomic E-state index is 12.3. The van der Waals surface area contributed by atoms with E-state index < -0.39 is 6.10 Å². The van der Waals surface area contributed by atoms with Crippen LogP contribution in [-0.4, -0.2) is 43.7 Å². The molecule has 0 unspecified atom stereocenters. The number of ether oxygens (including phenoxy) is 1. The van der Waals surface area contributed by atoms with E-state index in [1.54, 1.807) is 12.4 Å². The number of para-hydroxylation sites is 2. The Hall–Kier alpha value is -2.76. The first-order chi connectivity index (χ1) is 11.2. The summed E-state index contributed by atoms with van der Waals surface area (Å²) >= 11 is 0. The number of amides is 1. The zero-order valence-corrected chi connectivity index (χ0v) is 13.0. The number of nitrogens with one attached hydrogen (secondary N) is 2. The van der Waals surface area contributed by atoms with Crippen molar-refractivity contribution in [2.24, 2.45) is 0 Å². The first-order valence-corrected chi connectivity index (χ1v) is 7.62. The molecule has 0 saturated heterocycles.